The minimum Gasteiger partial charge on any atom is -0.361 e. The summed E-state index contributed by atoms with van der Waals surface area (Å²) >= 11 is 0. The van der Waals surface area contributed by atoms with Crippen molar-refractivity contribution in [3.8, 4) is 11.1 Å². The second kappa shape index (κ2) is 5.35. The second-order valence-corrected chi connectivity index (χ2v) is 4.23. The van der Waals surface area contributed by atoms with E-state index in [-0.39, 0.29) is 0 Å². The van der Waals surface area contributed by atoms with Gasteiger partial charge in [-0.15, -0.1) is 0 Å². The lowest BCUT2D eigenvalue weighted by Crippen LogP contribution is -2.29. The smallest absolute Gasteiger partial charge is 0.313 e. The standard InChI is InChI=1S/C15H14N2O2/c1-10-7-8-13(17-15(19)14(16)18)12(9-10)11-5-3-2-4-6-11/h2-9H,1H3,(H2,16,18)(H,17,19). The topological polar surface area (TPSA) is 72.2 Å². The van der Waals surface area contributed by atoms with Crippen molar-refractivity contribution in [2.24, 2.45) is 5.73 Å². The highest BCUT2D eigenvalue weighted by atomic mass is 16.2. The van der Waals surface area contributed by atoms with E-state index in [0.717, 1.165) is 16.7 Å². The quantitative estimate of drug-likeness (QED) is 0.805. The minimum atomic E-state index is -1.00. The van der Waals surface area contributed by atoms with Gasteiger partial charge in [-0.25, -0.2) is 0 Å². The summed E-state index contributed by atoms with van der Waals surface area (Å²) in [6.45, 7) is 1.96. The maximum Gasteiger partial charge on any atom is 0.313 e. The maximum absolute atomic E-state index is 11.4. The summed E-state index contributed by atoms with van der Waals surface area (Å²) in [5.74, 6) is -1.82. The van der Waals surface area contributed by atoms with Gasteiger partial charge >= 0.3 is 11.8 Å². The summed E-state index contributed by atoms with van der Waals surface area (Å²) in [6, 6.07) is 15.2. The molecule has 4 heteroatoms. The Labute approximate surface area is 111 Å². The largest absolute Gasteiger partial charge is 0.361 e. The molecule has 2 aromatic rings. The first-order chi connectivity index (χ1) is 9.08. The van der Waals surface area contributed by atoms with Crippen molar-refractivity contribution >= 4 is 17.5 Å². The van der Waals surface area contributed by atoms with Gasteiger partial charge < -0.3 is 11.1 Å². The minimum absolute atomic E-state index is 0.570. The van der Waals surface area contributed by atoms with Crippen molar-refractivity contribution in [3.63, 3.8) is 0 Å². The van der Waals surface area contributed by atoms with Crippen LogP contribution >= 0.6 is 0 Å². The van der Waals surface area contributed by atoms with Gasteiger partial charge in [0.2, 0.25) is 0 Å². The molecule has 0 aliphatic heterocycles. The van der Waals surface area contributed by atoms with E-state index in [9.17, 15) is 9.59 Å². The molecule has 19 heavy (non-hydrogen) atoms. The molecule has 0 spiro atoms. The summed E-state index contributed by atoms with van der Waals surface area (Å²) in [5.41, 5.74) is 8.41. The molecule has 0 aromatic heterocycles. The number of aryl methyl sites for hydroxylation is 1. The fraction of sp³-hybridized carbons (Fsp3) is 0.0667. The predicted molar refractivity (Wildman–Crippen MR) is 74.4 cm³/mol. The van der Waals surface area contributed by atoms with Gasteiger partial charge in [-0.2, -0.15) is 0 Å². The van der Waals surface area contributed by atoms with Crippen LogP contribution < -0.4 is 11.1 Å². The van der Waals surface area contributed by atoms with Crippen LogP contribution in [0.15, 0.2) is 48.5 Å². The number of nitrogens with two attached hydrogens (primary N) is 1. The molecule has 0 unspecified atom stereocenters. The van der Waals surface area contributed by atoms with Gasteiger partial charge in [-0.1, -0.05) is 42.0 Å². The van der Waals surface area contributed by atoms with Crippen LogP contribution in [0.25, 0.3) is 11.1 Å². The molecule has 0 saturated heterocycles. The number of primary amides is 1. The zero-order chi connectivity index (χ0) is 13.8. The van der Waals surface area contributed by atoms with Gasteiger partial charge in [0.25, 0.3) is 0 Å². The Bertz CT molecular complexity index is 621. The number of carbonyl (C=O) groups excluding carboxylic acids is 2. The summed E-state index contributed by atoms with van der Waals surface area (Å²) in [6.07, 6.45) is 0. The number of anilines is 1. The Morgan fingerprint density at radius 1 is 1.05 bits per heavy atom. The maximum atomic E-state index is 11.4. The number of carbonyl (C=O) groups is 2. The molecule has 2 rings (SSSR count). The molecule has 0 fully saturated rings. The molecule has 0 radical (unpaired) electrons. The fourth-order valence-corrected chi connectivity index (χ4v) is 1.81. The van der Waals surface area contributed by atoms with Gasteiger partial charge in [0.15, 0.2) is 0 Å². The van der Waals surface area contributed by atoms with E-state index in [4.69, 9.17) is 5.73 Å². The molecule has 0 saturated carbocycles. The van der Waals surface area contributed by atoms with Crippen molar-refractivity contribution in [2.45, 2.75) is 6.92 Å². The third-order valence-corrected chi connectivity index (χ3v) is 2.73. The highest BCUT2D eigenvalue weighted by molar-refractivity contribution is 6.39. The predicted octanol–water partition coefficient (Wildman–Crippen LogP) is 2.09. The van der Waals surface area contributed by atoms with Crippen molar-refractivity contribution in [2.75, 3.05) is 5.32 Å². The van der Waals surface area contributed by atoms with Gasteiger partial charge in [0.1, 0.15) is 0 Å². The lowest BCUT2D eigenvalue weighted by molar-refractivity contribution is -0.134. The van der Waals surface area contributed by atoms with E-state index in [1.54, 1.807) is 6.07 Å². The van der Waals surface area contributed by atoms with E-state index in [0.29, 0.717) is 5.69 Å². The first kappa shape index (κ1) is 12.8. The monoisotopic (exact) mass is 254 g/mol. The third kappa shape index (κ3) is 2.98. The number of hydrogen-bond donors (Lipinski definition) is 2. The number of amides is 2. The number of hydrogen-bond acceptors (Lipinski definition) is 2. The molecule has 0 aliphatic rings. The molecule has 2 aromatic carbocycles. The van der Waals surface area contributed by atoms with Crippen LogP contribution in [-0.2, 0) is 9.59 Å². The lowest BCUT2D eigenvalue weighted by atomic mass is 10.0. The van der Waals surface area contributed by atoms with E-state index in [1.807, 2.05) is 49.4 Å². The van der Waals surface area contributed by atoms with Crippen LogP contribution in [0.4, 0.5) is 5.69 Å². The fourth-order valence-electron chi connectivity index (χ4n) is 1.81. The highest BCUT2D eigenvalue weighted by Crippen LogP contribution is 2.28. The molecule has 3 N–H and O–H groups in total. The molecule has 0 aliphatic carbocycles. The number of rotatable bonds is 2. The molecule has 0 bridgehead atoms. The highest BCUT2D eigenvalue weighted by Gasteiger charge is 2.12. The molecular weight excluding hydrogens is 240 g/mol. The molecule has 0 atom stereocenters. The lowest BCUT2D eigenvalue weighted by Gasteiger charge is -2.11. The van der Waals surface area contributed by atoms with Gasteiger partial charge in [0, 0.05) is 11.3 Å². The van der Waals surface area contributed by atoms with E-state index in [1.165, 1.54) is 0 Å². The molecule has 96 valence electrons. The molecule has 0 heterocycles. The van der Waals surface area contributed by atoms with Crippen LogP contribution in [0.5, 0.6) is 0 Å². The van der Waals surface area contributed by atoms with Crippen LogP contribution in [0.2, 0.25) is 0 Å². The van der Waals surface area contributed by atoms with Crippen LogP contribution in [0.3, 0.4) is 0 Å². The number of nitrogens with one attached hydrogen (secondary N) is 1. The second-order valence-electron chi connectivity index (χ2n) is 4.23. The number of benzene rings is 2. The van der Waals surface area contributed by atoms with Crippen molar-refractivity contribution in [1.82, 2.24) is 0 Å². The first-order valence-corrected chi connectivity index (χ1v) is 5.85. The summed E-state index contributed by atoms with van der Waals surface area (Å²) < 4.78 is 0. The average Bonchev–Trinajstić information content (AvgIpc) is 2.41. The van der Waals surface area contributed by atoms with Crippen molar-refractivity contribution in [3.05, 3.63) is 54.1 Å². The van der Waals surface area contributed by atoms with Gasteiger partial charge in [-0.3, -0.25) is 9.59 Å². The normalized spacial score (nSPS) is 9.95. The zero-order valence-electron chi connectivity index (χ0n) is 10.5. The summed E-state index contributed by atoms with van der Waals surface area (Å²) in [7, 11) is 0. The SMILES string of the molecule is Cc1ccc(NC(=O)C(N)=O)c(-c2ccccc2)c1. The molecular formula is C15H14N2O2. The Morgan fingerprint density at radius 2 is 1.74 bits per heavy atom. The molecule has 4 nitrogen and oxygen atoms in total. The van der Waals surface area contributed by atoms with Crippen LogP contribution in [0, 0.1) is 6.92 Å². The molecule has 2 amide bonds. The average molecular weight is 254 g/mol. The Kier molecular flexibility index (Phi) is 3.61. The van der Waals surface area contributed by atoms with E-state index < -0.39 is 11.8 Å². The Balaban J connectivity index is 2.45. The van der Waals surface area contributed by atoms with Crippen molar-refractivity contribution in [1.29, 1.82) is 0 Å². The van der Waals surface area contributed by atoms with Gasteiger partial charge in [-0.05, 0) is 24.6 Å². The Morgan fingerprint density at radius 3 is 2.37 bits per heavy atom. The van der Waals surface area contributed by atoms with Crippen LogP contribution in [-0.4, -0.2) is 11.8 Å². The van der Waals surface area contributed by atoms with Crippen molar-refractivity contribution < 1.29 is 9.59 Å². The van der Waals surface area contributed by atoms with Crippen LogP contribution in [0.1, 0.15) is 5.56 Å². The van der Waals surface area contributed by atoms with Gasteiger partial charge in [0.05, 0.1) is 0 Å². The third-order valence-electron chi connectivity index (χ3n) is 2.73. The summed E-state index contributed by atoms with van der Waals surface area (Å²) in [4.78, 5) is 22.2. The Hall–Kier alpha value is -2.62. The van der Waals surface area contributed by atoms with E-state index >= 15 is 0 Å². The van der Waals surface area contributed by atoms with E-state index in [2.05, 4.69) is 5.32 Å². The zero-order valence-corrected chi connectivity index (χ0v) is 10.5. The first-order valence-electron chi connectivity index (χ1n) is 5.85. The summed E-state index contributed by atoms with van der Waals surface area (Å²) in [5, 5.41) is 2.52.